The summed E-state index contributed by atoms with van der Waals surface area (Å²) in [4.78, 5) is 23.8. The molecule has 178 valence electrons. The van der Waals surface area contributed by atoms with Gasteiger partial charge in [-0.05, 0) is 33.8 Å². The number of fused-ring (bicyclic) bond motifs is 2. The third-order valence-corrected chi connectivity index (χ3v) is 5.19. The van der Waals surface area contributed by atoms with Crippen molar-refractivity contribution in [2.75, 3.05) is 0 Å². The van der Waals surface area contributed by atoms with Gasteiger partial charge in [-0.25, -0.2) is 0 Å². The molecule has 0 atom stereocenters. The average molecular weight is 490 g/mol. The number of alkyl halides is 6. The van der Waals surface area contributed by atoms with Gasteiger partial charge < -0.3 is 5.21 Å². The van der Waals surface area contributed by atoms with Crippen molar-refractivity contribution in [3.63, 3.8) is 0 Å². The summed E-state index contributed by atoms with van der Waals surface area (Å²) in [6, 6.07) is 15.5. The van der Waals surface area contributed by atoms with Gasteiger partial charge in [0.2, 0.25) is 0 Å². The van der Waals surface area contributed by atoms with E-state index in [1.165, 1.54) is 54.6 Å². The van der Waals surface area contributed by atoms with E-state index < -0.39 is 46.4 Å². The van der Waals surface area contributed by atoms with Crippen molar-refractivity contribution in [2.24, 2.45) is 5.11 Å². The molecule has 35 heavy (non-hydrogen) atoms. The van der Waals surface area contributed by atoms with Gasteiger partial charge in [-0.3, -0.25) is 9.59 Å². The molecule has 0 aliphatic carbocycles. The quantitative estimate of drug-likeness (QED) is 0.0983. The Hall–Kier alpha value is -4.28. The second kappa shape index (κ2) is 8.49. The molecule has 4 aromatic carbocycles. The lowest BCUT2D eigenvalue weighted by Gasteiger charge is -2.13. The zero-order chi connectivity index (χ0) is 25.5. The lowest BCUT2D eigenvalue weighted by Crippen LogP contribution is -2.24. The Morgan fingerprint density at radius 3 is 1.69 bits per heavy atom. The number of nitrogens with zero attached hydrogens (tertiary/aromatic N) is 2. The summed E-state index contributed by atoms with van der Waals surface area (Å²) < 4.78 is 79.4. The number of hydrogen-bond donors (Lipinski definition) is 0. The fourth-order valence-corrected chi connectivity index (χ4v) is 3.64. The number of carbonyl (C=O) groups excluding carboxylic acids is 2. The van der Waals surface area contributed by atoms with E-state index in [0.29, 0.717) is 5.39 Å². The van der Waals surface area contributed by atoms with Crippen molar-refractivity contribution in [1.82, 2.24) is 0 Å². The van der Waals surface area contributed by atoms with Crippen LogP contribution in [0.15, 0.2) is 77.9 Å². The van der Waals surface area contributed by atoms with E-state index in [2.05, 4.69) is 5.11 Å². The smallest absolute Gasteiger partial charge is 0.455 e. The average Bonchev–Trinajstić information content (AvgIpc) is 2.81. The second-order valence-electron chi connectivity index (χ2n) is 7.39. The highest BCUT2D eigenvalue weighted by Crippen LogP contribution is 2.38. The molecule has 0 amide bonds. The molecular formula is C24H12F6N2O3. The van der Waals surface area contributed by atoms with Crippen molar-refractivity contribution in [1.29, 1.82) is 0 Å². The summed E-state index contributed by atoms with van der Waals surface area (Å²) in [5, 5.41) is 17.3. The highest BCUT2D eigenvalue weighted by Gasteiger charge is 2.43. The highest BCUT2D eigenvalue weighted by molar-refractivity contribution is 6.11. The maximum absolute atomic E-state index is 13.2. The van der Waals surface area contributed by atoms with Gasteiger partial charge in [-0.2, -0.15) is 26.3 Å². The highest BCUT2D eigenvalue weighted by atomic mass is 19.4. The van der Waals surface area contributed by atoms with Crippen LogP contribution in [0, 0.1) is 5.21 Å². The topological polar surface area (TPSA) is 72.6 Å². The predicted molar refractivity (Wildman–Crippen MR) is 114 cm³/mol. The molecule has 0 aliphatic rings. The van der Waals surface area contributed by atoms with E-state index in [0.717, 1.165) is 12.1 Å². The number of hydrogen-bond acceptors (Lipinski definition) is 4. The first kappa shape index (κ1) is 23.9. The maximum atomic E-state index is 13.2. The Morgan fingerprint density at radius 2 is 1.11 bits per heavy atom. The minimum Gasteiger partial charge on any atom is -0.594 e. The Bertz CT molecular complexity index is 1520. The van der Waals surface area contributed by atoms with E-state index in [9.17, 15) is 41.1 Å². The van der Waals surface area contributed by atoms with Crippen LogP contribution < -0.4 is 0 Å². The molecule has 5 nitrogen and oxygen atoms in total. The molecule has 0 fully saturated rings. The second-order valence-corrected chi connectivity index (χ2v) is 7.39. The molecule has 0 N–H and O–H groups in total. The predicted octanol–water partition coefficient (Wildman–Crippen LogP) is 7.41. The summed E-state index contributed by atoms with van der Waals surface area (Å²) in [6.07, 6.45) is -10.6. The third kappa shape index (κ3) is 4.44. The van der Waals surface area contributed by atoms with Crippen molar-refractivity contribution in [3.8, 4) is 0 Å². The first-order chi connectivity index (χ1) is 16.4. The molecule has 0 radical (unpaired) electrons. The van der Waals surface area contributed by atoms with Crippen LogP contribution in [0.1, 0.15) is 20.7 Å². The van der Waals surface area contributed by atoms with Crippen molar-refractivity contribution in [3.05, 3.63) is 89.1 Å². The van der Waals surface area contributed by atoms with Gasteiger partial charge in [-0.1, -0.05) is 54.6 Å². The number of halogens is 6. The Kier molecular flexibility index (Phi) is 5.79. The normalized spacial score (nSPS) is 12.8. The molecule has 4 aromatic rings. The fourth-order valence-electron chi connectivity index (χ4n) is 3.64. The molecule has 0 bridgehead atoms. The summed E-state index contributed by atoms with van der Waals surface area (Å²) in [5.74, 6) is -4.63. The van der Waals surface area contributed by atoms with Gasteiger partial charge in [0.1, 0.15) is 5.56 Å². The minimum atomic E-state index is -5.34. The van der Waals surface area contributed by atoms with Crippen molar-refractivity contribution in [2.45, 2.75) is 12.4 Å². The lowest BCUT2D eigenvalue weighted by molar-refractivity contribution is -0.433. The largest absolute Gasteiger partial charge is 0.594 e. The first-order valence-corrected chi connectivity index (χ1v) is 9.85. The summed E-state index contributed by atoms with van der Waals surface area (Å²) >= 11 is 0. The van der Waals surface area contributed by atoms with Gasteiger partial charge in [-0.15, -0.1) is 0 Å². The molecule has 0 unspecified atom stereocenters. The molecule has 0 aliphatic heterocycles. The van der Waals surface area contributed by atoms with E-state index in [-0.39, 0.29) is 21.0 Å². The Morgan fingerprint density at radius 1 is 0.657 bits per heavy atom. The van der Waals surface area contributed by atoms with E-state index >= 15 is 0 Å². The van der Waals surface area contributed by atoms with Crippen LogP contribution in [-0.2, 0) is 0 Å². The maximum Gasteiger partial charge on any atom is 0.455 e. The number of Topliss-reactive ketones (excluding diaryl/α,β-unsaturated/α-hetero) is 2. The number of ketones is 2. The molecule has 11 heteroatoms. The van der Waals surface area contributed by atoms with Gasteiger partial charge in [0, 0.05) is 10.5 Å². The fraction of sp³-hybridized carbons (Fsp3) is 0.0833. The first-order valence-electron chi connectivity index (χ1n) is 9.85. The zero-order valence-corrected chi connectivity index (χ0v) is 17.3. The van der Waals surface area contributed by atoms with Crippen LogP contribution in [0.3, 0.4) is 0 Å². The third-order valence-electron chi connectivity index (χ3n) is 5.19. The van der Waals surface area contributed by atoms with Crippen LogP contribution in [0.5, 0.6) is 0 Å². The number of rotatable bonds is 4. The molecular weight excluding hydrogens is 478 g/mol. The minimum absolute atomic E-state index is 0.0209. The standard InChI is InChI=1S/C24H12F6N2O3/c25-23(26,27)21(33)17-11-9-13-5-1-3-7-15(13)19(17)31-32(35)20-16-8-4-2-6-14(16)10-12-18(20)22(34)24(28,29)30/h1-12H. The number of carbonyl (C=O) groups is 2. The van der Waals surface area contributed by atoms with E-state index in [1.807, 2.05) is 0 Å². The number of azo groups is 1. The lowest BCUT2D eigenvalue weighted by atomic mass is 10.0. The van der Waals surface area contributed by atoms with Gasteiger partial charge in [0.05, 0.1) is 10.9 Å². The summed E-state index contributed by atoms with van der Waals surface area (Å²) in [5.41, 5.74) is -3.53. The molecule has 0 saturated heterocycles. The summed E-state index contributed by atoms with van der Waals surface area (Å²) in [6.45, 7) is 0. The van der Waals surface area contributed by atoms with Crippen LogP contribution in [0.25, 0.3) is 21.5 Å². The summed E-state index contributed by atoms with van der Waals surface area (Å²) in [7, 11) is 0. The molecule has 4 rings (SSSR count). The molecule has 0 heterocycles. The zero-order valence-electron chi connectivity index (χ0n) is 17.3. The molecule has 0 saturated carbocycles. The van der Waals surface area contributed by atoms with Crippen LogP contribution >= 0.6 is 0 Å². The van der Waals surface area contributed by atoms with Crippen molar-refractivity contribution >= 4 is 44.5 Å². The van der Waals surface area contributed by atoms with Gasteiger partial charge in [0.15, 0.2) is 5.69 Å². The Balaban J connectivity index is 2.06. The van der Waals surface area contributed by atoms with Gasteiger partial charge >= 0.3 is 12.4 Å². The van der Waals surface area contributed by atoms with E-state index in [4.69, 9.17) is 0 Å². The van der Waals surface area contributed by atoms with Gasteiger partial charge in [0.25, 0.3) is 17.3 Å². The van der Waals surface area contributed by atoms with Crippen LogP contribution in [-0.4, -0.2) is 28.8 Å². The van der Waals surface area contributed by atoms with Crippen LogP contribution in [0.4, 0.5) is 37.7 Å². The SMILES string of the molecule is O=C(c1ccc2ccccc2c1N=[N+]([O-])c1c(C(=O)C(F)(F)F)ccc2ccccc12)C(F)(F)F. The van der Waals surface area contributed by atoms with Crippen LogP contribution in [0.2, 0.25) is 0 Å². The molecule has 0 aromatic heterocycles. The molecule has 0 spiro atoms. The monoisotopic (exact) mass is 490 g/mol. The number of benzene rings is 4. The van der Waals surface area contributed by atoms with E-state index in [1.54, 1.807) is 6.07 Å². The van der Waals surface area contributed by atoms with Crippen molar-refractivity contribution < 1.29 is 40.8 Å². The Labute approximate surface area is 192 Å².